The van der Waals surface area contributed by atoms with Crippen LogP contribution in [0.3, 0.4) is 0 Å². The van der Waals surface area contributed by atoms with E-state index < -0.39 is 18.6 Å². The second-order valence-electron chi connectivity index (χ2n) is 4.55. The molecule has 0 aliphatic carbocycles. The molecule has 0 bridgehead atoms. The van der Waals surface area contributed by atoms with E-state index in [9.17, 15) is 18.0 Å². The molecular formula is C14H20F3N3O. The van der Waals surface area contributed by atoms with Crippen molar-refractivity contribution in [3.8, 4) is 0 Å². The van der Waals surface area contributed by atoms with E-state index in [2.05, 4.69) is 10.3 Å². The summed E-state index contributed by atoms with van der Waals surface area (Å²) in [5.74, 6) is -0.130. The van der Waals surface area contributed by atoms with Gasteiger partial charge in [0.25, 0.3) is 5.91 Å². The number of nitrogens with one attached hydrogen (secondary N) is 1. The molecule has 1 N–H and O–H groups in total. The molecule has 0 unspecified atom stereocenters. The fourth-order valence-electron chi connectivity index (χ4n) is 1.89. The van der Waals surface area contributed by atoms with E-state index in [0.29, 0.717) is 24.5 Å². The molecule has 0 saturated carbocycles. The quantitative estimate of drug-likeness (QED) is 0.878. The zero-order chi connectivity index (χ0) is 16.0. The van der Waals surface area contributed by atoms with Gasteiger partial charge in [0, 0.05) is 24.3 Å². The van der Waals surface area contributed by atoms with Crippen molar-refractivity contribution in [1.29, 1.82) is 0 Å². The van der Waals surface area contributed by atoms with E-state index in [-0.39, 0.29) is 12.1 Å². The molecule has 1 rings (SSSR count). The number of rotatable bonds is 6. The van der Waals surface area contributed by atoms with Gasteiger partial charge in [-0.15, -0.1) is 0 Å². The number of pyridine rings is 1. The Bertz CT molecular complexity index is 489. The van der Waals surface area contributed by atoms with Crippen LogP contribution in [0.1, 0.15) is 36.8 Å². The van der Waals surface area contributed by atoms with Gasteiger partial charge in [0.2, 0.25) is 0 Å². The number of hydrogen-bond donors (Lipinski definition) is 1. The van der Waals surface area contributed by atoms with Crippen molar-refractivity contribution in [1.82, 2.24) is 9.88 Å². The van der Waals surface area contributed by atoms with Gasteiger partial charge < -0.3 is 10.2 Å². The number of carbonyl (C=O) groups excluding carboxylic acids is 1. The van der Waals surface area contributed by atoms with Gasteiger partial charge in [-0.3, -0.25) is 4.79 Å². The molecule has 1 aromatic heterocycles. The van der Waals surface area contributed by atoms with Crippen LogP contribution in [0.5, 0.6) is 0 Å². The Morgan fingerprint density at radius 3 is 2.43 bits per heavy atom. The zero-order valence-electron chi connectivity index (χ0n) is 12.4. The number of halogens is 3. The van der Waals surface area contributed by atoms with Gasteiger partial charge in [0.15, 0.2) is 0 Å². The Labute approximate surface area is 122 Å². The molecule has 0 saturated heterocycles. The monoisotopic (exact) mass is 303 g/mol. The topological polar surface area (TPSA) is 45.2 Å². The fraction of sp³-hybridized carbons (Fsp3) is 0.571. The molecule has 0 spiro atoms. The van der Waals surface area contributed by atoms with E-state index in [1.165, 1.54) is 13.0 Å². The fourth-order valence-corrected chi connectivity index (χ4v) is 1.89. The lowest BCUT2D eigenvalue weighted by Gasteiger charge is -2.22. The molecule has 21 heavy (non-hydrogen) atoms. The molecule has 0 radical (unpaired) electrons. The molecule has 118 valence electrons. The largest absolute Gasteiger partial charge is 0.406 e. The number of nitrogens with zero attached hydrogens (tertiary/aromatic N) is 2. The van der Waals surface area contributed by atoms with E-state index in [1.54, 1.807) is 6.07 Å². The number of aromatic nitrogens is 1. The maximum absolute atomic E-state index is 12.5. The molecule has 4 nitrogen and oxygen atoms in total. The summed E-state index contributed by atoms with van der Waals surface area (Å²) in [7, 11) is 0. The van der Waals surface area contributed by atoms with Crippen LogP contribution in [-0.2, 0) is 6.42 Å². The Balaban J connectivity index is 3.06. The van der Waals surface area contributed by atoms with Gasteiger partial charge >= 0.3 is 6.18 Å². The summed E-state index contributed by atoms with van der Waals surface area (Å²) in [6.45, 7) is 4.65. The highest BCUT2D eigenvalue weighted by Crippen LogP contribution is 2.19. The predicted octanol–water partition coefficient (Wildman–Crippen LogP) is 3.10. The van der Waals surface area contributed by atoms with Crippen LogP contribution in [0, 0.1) is 0 Å². The van der Waals surface area contributed by atoms with E-state index in [1.807, 2.05) is 13.8 Å². The number of carbonyl (C=O) groups is 1. The van der Waals surface area contributed by atoms with Gasteiger partial charge in [0.05, 0.1) is 0 Å². The number of hydrogen-bond acceptors (Lipinski definition) is 3. The highest BCUT2D eigenvalue weighted by atomic mass is 19.4. The van der Waals surface area contributed by atoms with Crippen molar-refractivity contribution >= 4 is 11.7 Å². The van der Waals surface area contributed by atoms with Crippen LogP contribution in [0.2, 0.25) is 0 Å². The van der Waals surface area contributed by atoms with Crippen LogP contribution in [0.25, 0.3) is 0 Å². The van der Waals surface area contributed by atoms with Crippen molar-refractivity contribution in [2.75, 3.05) is 25.0 Å². The first-order valence-corrected chi connectivity index (χ1v) is 6.91. The normalized spacial score (nSPS) is 11.3. The molecule has 0 atom stereocenters. The highest BCUT2D eigenvalue weighted by molar-refractivity contribution is 5.95. The van der Waals surface area contributed by atoms with E-state index in [0.717, 1.165) is 4.90 Å². The van der Waals surface area contributed by atoms with Gasteiger partial charge in [-0.2, -0.15) is 13.2 Å². The Kier molecular flexibility index (Phi) is 5.99. The second kappa shape index (κ2) is 7.28. The third kappa shape index (κ3) is 5.24. The van der Waals surface area contributed by atoms with Crippen molar-refractivity contribution in [2.24, 2.45) is 0 Å². The minimum absolute atomic E-state index is 0.00133. The first kappa shape index (κ1) is 17.3. The lowest BCUT2D eigenvalue weighted by molar-refractivity contribution is -0.140. The summed E-state index contributed by atoms with van der Waals surface area (Å²) in [6.07, 6.45) is -3.80. The molecule has 0 fully saturated rings. The Morgan fingerprint density at radius 1 is 1.29 bits per heavy atom. The minimum atomic E-state index is -4.41. The second-order valence-corrected chi connectivity index (χ2v) is 4.55. The maximum Gasteiger partial charge on any atom is 0.406 e. The number of amides is 1. The number of aryl methyl sites for hydroxylation is 1. The van der Waals surface area contributed by atoms with Gasteiger partial charge in [-0.1, -0.05) is 6.92 Å². The summed E-state index contributed by atoms with van der Waals surface area (Å²) in [5.41, 5.74) is 0.892. The van der Waals surface area contributed by atoms with Crippen LogP contribution in [-0.4, -0.2) is 41.6 Å². The van der Waals surface area contributed by atoms with Crippen molar-refractivity contribution in [3.63, 3.8) is 0 Å². The van der Waals surface area contributed by atoms with Crippen LogP contribution in [0.4, 0.5) is 19.0 Å². The van der Waals surface area contributed by atoms with Crippen LogP contribution >= 0.6 is 0 Å². The summed E-state index contributed by atoms with van der Waals surface area (Å²) in [6, 6.07) is 3.03. The summed E-state index contributed by atoms with van der Waals surface area (Å²) >= 11 is 0. The third-order valence-corrected chi connectivity index (χ3v) is 2.88. The first-order chi connectivity index (χ1) is 9.80. The third-order valence-electron chi connectivity index (χ3n) is 2.88. The Morgan fingerprint density at radius 2 is 1.95 bits per heavy atom. The van der Waals surface area contributed by atoms with Crippen molar-refractivity contribution < 1.29 is 18.0 Å². The van der Waals surface area contributed by atoms with E-state index >= 15 is 0 Å². The molecule has 0 aliphatic rings. The molecule has 1 amide bonds. The molecule has 0 aromatic carbocycles. The van der Waals surface area contributed by atoms with Gasteiger partial charge in [0.1, 0.15) is 12.4 Å². The summed E-state index contributed by atoms with van der Waals surface area (Å²) in [4.78, 5) is 17.3. The smallest absolute Gasteiger partial charge is 0.370 e. The van der Waals surface area contributed by atoms with Gasteiger partial charge in [-0.05, 0) is 32.4 Å². The average molecular weight is 303 g/mol. The Hall–Kier alpha value is -1.79. The van der Waals surface area contributed by atoms with Crippen LogP contribution < -0.4 is 5.32 Å². The number of alkyl halides is 3. The SMILES string of the molecule is CCNc1cc(C(=O)N(CC)CC(F)(F)F)cc(CC)n1. The maximum atomic E-state index is 12.5. The molecular weight excluding hydrogens is 283 g/mol. The number of anilines is 1. The first-order valence-electron chi connectivity index (χ1n) is 6.91. The molecule has 1 aromatic rings. The summed E-state index contributed by atoms with van der Waals surface area (Å²) in [5, 5.41) is 2.98. The standard InChI is InChI=1S/C14H20F3N3O/c1-4-11-7-10(8-12(19-11)18-5-2)13(21)20(6-3)9-14(15,16)17/h7-8H,4-6,9H2,1-3H3,(H,18,19). The lowest BCUT2D eigenvalue weighted by atomic mass is 10.1. The molecule has 1 heterocycles. The van der Waals surface area contributed by atoms with E-state index in [4.69, 9.17) is 0 Å². The van der Waals surface area contributed by atoms with Gasteiger partial charge in [-0.25, -0.2) is 4.98 Å². The van der Waals surface area contributed by atoms with Crippen LogP contribution in [0.15, 0.2) is 12.1 Å². The van der Waals surface area contributed by atoms with Crippen molar-refractivity contribution in [3.05, 3.63) is 23.4 Å². The summed E-state index contributed by atoms with van der Waals surface area (Å²) < 4.78 is 37.5. The predicted molar refractivity (Wildman–Crippen MR) is 75.4 cm³/mol. The highest BCUT2D eigenvalue weighted by Gasteiger charge is 2.32. The minimum Gasteiger partial charge on any atom is -0.370 e. The lowest BCUT2D eigenvalue weighted by Crippen LogP contribution is -2.38. The zero-order valence-corrected chi connectivity index (χ0v) is 12.4. The average Bonchev–Trinajstić information content (AvgIpc) is 2.43. The van der Waals surface area contributed by atoms with Crippen molar-refractivity contribution in [2.45, 2.75) is 33.4 Å². The molecule has 7 heteroatoms. The molecule has 0 aliphatic heterocycles.